The summed E-state index contributed by atoms with van der Waals surface area (Å²) in [7, 11) is 3.42. The zero-order chi connectivity index (χ0) is 14.8. The fraction of sp³-hybridized carbons (Fsp3) is 0.333. The second-order valence-electron chi connectivity index (χ2n) is 5.39. The van der Waals surface area contributed by atoms with E-state index in [1.165, 1.54) is 22.3 Å². The molecule has 0 unspecified atom stereocenters. The van der Waals surface area contributed by atoms with Crippen molar-refractivity contribution in [2.75, 3.05) is 20.8 Å². The standard InChI is InChI=1S/C18H21NO2/c1-20-12-5-7-15-16-8-6-13(21-2)11-18(16)14(4-3-9-19)17(15)10-12/h5-8,10-11,14H,3-4,9,19H2,1-2H3. The van der Waals surface area contributed by atoms with Gasteiger partial charge in [0.05, 0.1) is 14.2 Å². The first-order valence-electron chi connectivity index (χ1n) is 7.34. The molecule has 1 aliphatic rings. The van der Waals surface area contributed by atoms with Gasteiger partial charge in [-0.25, -0.2) is 0 Å². The molecule has 2 aromatic carbocycles. The van der Waals surface area contributed by atoms with E-state index in [2.05, 4.69) is 24.3 Å². The number of methoxy groups -OCH3 is 2. The van der Waals surface area contributed by atoms with Crippen molar-refractivity contribution < 1.29 is 9.47 Å². The Labute approximate surface area is 125 Å². The van der Waals surface area contributed by atoms with E-state index >= 15 is 0 Å². The minimum atomic E-state index is 0.378. The van der Waals surface area contributed by atoms with Gasteiger partial charge in [0.2, 0.25) is 0 Å². The maximum Gasteiger partial charge on any atom is 0.119 e. The number of rotatable bonds is 5. The van der Waals surface area contributed by atoms with E-state index in [4.69, 9.17) is 15.2 Å². The molecule has 3 rings (SSSR count). The number of fused-ring (bicyclic) bond motifs is 3. The lowest BCUT2D eigenvalue weighted by molar-refractivity contribution is 0.413. The molecule has 0 saturated heterocycles. The molecular weight excluding hydrogens is 262 g/mol. The van der Waals surface area contributed by atoms with Gasteiger partial charge in [0.25, 0.3) is 0 Å². The average molecular weight is 283 g/mol. The topological polar surface area (TPSA) is 44.5 Å². The van der Waals surface area contributed by atoms with Gasteiger partial charge in [0.1, 0.15) is 11.5 Å². The predicted molar refractivity (Wildman–Crippen MR) is 85.1 cm³/mol. The Bertz CT molecular complexity index is 598. The Morgan fingerprint density at radius 3 is 1.86 bits per heavy atom. The molecule has 2 N–H and O–H groups in total. The van der Waals surface area contributed by atoms with Crippen LogP contribution in [0, 0.1) is 0 Å². The van der Waals surface area contributed by atoms with Crippen LogP contribution in [0.15, 0.2) is 36.4 Å². The number of nitrogens with two attached hydrogens (primary N) is 1. The third-order valence-electron chi connectivity index (χ3n) is 4.26. The molecular formula is C18H21NO2. The Kier molecular flexibility index (Phi) is 3.84. The van der Waals surface area contributed by atoms with Gasteiger partial charge in [-0.05, 0) is 65.9 Å². The van der Waals surface area contributed by atoms with Crippen molar-refractivity contribution in [3.05, 3.63) is 47.5 Å². The quantitative estimate of drug-likeness (QED) is 0.912. The maximum absolute atomic E-state index is 5.71. The normalized spacial score (nSPS) is 12.9. The average Bonchev–Trinajstić information content (AvgIpc) is 2.84. The molecule has 3 nitrogen and oxygen atoms in total. The molecule has 0 saturated carbocycles. The SMILES string of the molecule is COc1ccc2c(c1)C(CCCN)c1cc(OC)ccc1-2. The third-order valence-corrected chi connectivity index (χ3v) is 4.26. The molecule has 0 spiro atoms. The van der Waals surface area contributed by atoms with Crippen LogP contribution in [0.1, 0.15) is 29.9 Å². The molecule has 1 aliphatic carbocycles. The van der Waals surface area contributed by atoms with Gasteiger partial charge in [0.15, 0.2) is 0 Å². The van der Waals surface area contributed by atoms with Crippen LogP contribution in [0.4, 0.5) is 0 Å². The zero-order valence-corrected chi connectivity index (χ0v) is 12.6. The van der Waals surface area contributed by atoms with Crippen molar-refractivity contribution in [2.24, 2.45) is 5.73 Å². The Hall–Kier alpha value is -2.00. The summed E-state index contributed by atoms with van der Waals surface area (Å²) < 4.78 is 10.8. The van der Waals surface area contributed by atoms with Crippen molar-refractivity contribution in [3.63, 3.8) is 0 Å². The van der Waals surface area contributed by atoms with E-state index in [1.807, 2.05) is 12.1 Å². The highest BCUT2D eigenvalue weighted by Crippen LogP contribution is 2.48. The molecule has 0 amide bonds. The van der Waals surface area contributed by atoms with Gasteiger partial charge in [-0.2, -0.15) is 0 Å². The first-order valence-corrected chi connectivity index (χ1v) is 7.34. The van der Waals surface area contributed by atoms with E-state index < -0.39 is 0 Å². The molecule has 0 aromatic heterocycles. The lowest BCUT2D eigenvalue weighted by Gasteiger charge is -2.14. The molecule has 21 heavy (non-hydrogen) atoms. The van der Waals surface area contributed by atoms with Gasteiger partial charge < -0.3 is 15.2 Å². The summed E-state index contributed by atoms with van der Waals surface area (Å²) in [5.74, 6) is 2.20. The van der Waals surface area contributed by atoms with Gasteiger partial charge in [-0.15, -0.1) is 0 Å². The highest BCUT2D eigenvalue weighted by Gasteiger charge is 2.29. The van der Waals surface area contributed by atoms with Crippen molar-refractivity contribution in [3.8, 4) is 22.6 Å². The first kappa shape index (κ1) is 14.0. The second kappa shape index (κ2) is 5.78. The molecule has 0 heterocycles. The van der Waals surface area contributed by atoms with Gasteiger partial charge in [0, 0.05) is 5.92 Å². The Morgan fingerprint density at radius 1 is 0.905 bits per heavy atom. The molecule has 110 valence electrons. The fourth-order valence-corrected chi connectivity index (χ4v) is 3.20. The lowest BCUT2D eigenvalue weighted by atomic mass is 9.92. The van der Waals surface area contributed by atoms with Crippen LogP contribution in [-0.2, 0) is 0 Å². The predicted octanol–water partition coefficient (Wildman–Crippen LogP) is 3.56. The van der Waals surface area contributed by atoms with Crippen LogP contribution in [-0.4, -0.2) is 20.8 Å². The van der Waals surface area contributed by atoms with Gasteiger partial charge in [-0.1, -0.05) is 12.1 Å². The molecule has 0 fully saturated rings. The van der Waals surface area contributed by atoms with E-state index in [9.17, 15) is 0 Å². The summed E-state index contributed by atoms with van der Waals surface area (Å²) in [4.78, 5) is 0. The van der Waals surface area contributed by atoms with Crippen molar-refractivity contribution in [1.82, 2.24) is 0 Å². The lowest BCUT2D eigenvalue weighted by Crippen LogP contribution is -2.04. The smallest absolute Gasteiger partial charge is 0.119 e. The van der Waals surface area contributed by atoms with Gasteiger partial charge >= 0.3 is 0 Å². The summed E-state index contributed by atoms with van der Waals surface area (Å²) in [5, 5.41) is 0. The largest absolute Gasteiger partial charge is 0.497 e. The second-order valence-corrected chi connectivity index (χ2v) is 5.39. The molecule has 0 radical (unpaired) electrons. The molecule has 2 aromatic rings. The molecule has 0 atom stereocenters. The summed E-state index contributed by atoms with van der Waals surface area (Å²) >= 11 is 0. The van der Waals surface area contributed by atoms with Crippen LogP contribution in [0.3, 0.4) is 0 Å². The number of ether oxygens (including phenoxy) is 2. The van der Waals surface area contributed by atoms with Crippen LogP contribution in [0.25, 0.3) is 11.1 Å². The van der Waals surface area contributed by atoms with Crippen molar-refractivity contribution in [1.29, 1.82) is 0 Å². The van der Waals surface area contributed by atoms with E-state index in [0.29, 0.717) is 5.92 Å². The Morgan fingerprint density at radius 2 is 1.43 bits per heavy atom. The minimum Gasteiger partial charge on any atom is -0.497 e. The highest BCUT2D eigenvalue weighted by molar-refractivity contribution is 5.80. The fourth-order valence-electron chi connectivity index (χ4n) is 3.20. The monoisotopic (exact) mass is 283 g/mol. The highest BCUT2D eigenvalue weighted by atomic mass is 16.5. The number of benzene rings is 2. The number of hydrogen-bond donors (Lipinski definition) is 1. The van der Waals surface area contributed by atoms with Gasteiger partial charge in [-0.3, -0.25) is 0 Å². The van der Waals surface area contributed by atoms with Crippen LogP contribution in [0.5, 0.6) is 11.5 Å². The Balaban J connectivity index is 2.11. The summed E-state index contributed by atoms with van der Waals surface area (Å²) in [5.41, 5.74) is 11.0. The van der Waals surface area contributed by atoms with E-state index in [1.54, 1.807) is 14.2 Å². The summed E-state index contributed by atoms with van der Waals surface area (Å²) in [6.45, 7) is 0.717. The maximum atomic E-state index is 5.71. The van der Waals surface area contributed by atoms with Crippen LogP contribution >= 0.6 is 0 Å². The van der Waals surface area contributed by atoms with Crippen LogP contribution in [0.2, 0.25) is 0 Å². The minimum absolute atomic E-state index is 0.378. The van der Waals surface area contributed by atoms with Crippen molar-refractivity contribution in [2.45, 2.75) is 18.8 Å². The first-order chi connectivity index (χ1) is 10.3. The molecule has 0 aliphatic heterocycles. The van der Waals surface area contributed by atoms with Crippen molar-refractivity contribution >= 4 is 0 Å². The third kappa shape index (κ3) is 2.38. The summed E-state index contributed by atoms with van der Waals surface area (Å²) in [6, 6.07) is 12.7. The van der Waals surface area contributed by atoms with Crippen LogP contribution < -0.4 is 15.2 Å². The molecule has 0 bridgehead atoms. The number of hydrogen-bond acceptors (Lipinski definition) is 3. The van der Waals surface area contributed by atoms with E-state index in [-0.39, 0.29) is 0 Å². The zero-order valence-electron chi connectivity index (χ0n) is 12.6. The summed E-state index contributed by atoms with van der Waals surface area (Å²) in [6.07, 6.45) is 2.06. The molecule has 3 heteroatoms. The van der Waals surface area contributed by atoms with E-state index in [0.717, 1.165) is 30.9 Å².